The van der Waals surface area contributed by atoms with Gasteiger partial charge in [-0.05, 0) is 71.4 Å². The van der Waals surface area contributed by atoms with Gasteiger partial charge in [0.1, 0.15) is 17.3 Å². The number of aryl methyl sites for hydroxylation is 1. The molecule has 0 unspecified atom stereocenters. The SMILES string of the molecule is CC[C@@H](C)Nc1cc(C)c(-c2sc(C(=O)NC3CC(C(C)=O)C3)nc2C(=O)N2CCC[C@@H]2C)cn1. The number of likely N-dealkylation sites (tertiary alicyclic amines) is 1. The number of thiazole rings is 1. The summed E-state index contributed by atoms with van der Waals surface area (Å²) in [6.45, 7) is 10.5. The topological polar surface area (TPSA) is 104 Å². The van der Waals surface area contributed by atoms with Gasteiger partial charge in [-0.1, -0.05) is 6.92 Å². The van der Waals surface area contributed by atoms with Crippen LogP contribution in [0, 0.1) is 12.8 Å². The van der Waals surface area contributed by atoms with Crippen molar-refractivity contribution in [1.29, 1.82) is 0 Å². The Balaban J connectivity index is 1.63. The third-order valence-electron chi connectivity index (χ3n) is 7.25. The number of anilines is 1. The number of hydrogen-bond donors (Lipinski definition) is 2. The number of amides is 2. The molecule has 188 valence electrons. The van der Waals surface area contributed by atoms with Crippen molar-refractivity contribution in [2.24, 2.45) is 5.92 Å². The van der Waals surface area contributed by atoms with Gasteiger partial charge < -0.3 is 15.5 Å². The minimum atomic E-state index is -0.294. The number of aromatic nitrogens is 2. The van der Waals surface area contributed by atoms with Crippen LogP contribution in [0.2, 0.25) is 0 Å². The Morgan fingerprint density at radius 1 is 1.29 bits per heavy atom. The summed E-state index contributed by atoms with van der Waals surface area (Å²) in [5.41, 5.74) is 2.09. The van der Waals surface area contributed by atoms with Gasteiger partial charge in [-0.2, -0.15) is 0 Å². The first-order valence-corrected chi connectivity index (χ1v) is 13.4. The Morgan fingerprint density at radius 2 is 2.03 bits per heavy atom. The summed E-state index contributed by atoms with van der Waals surface area (Å²) in [6.07, 6.45) is 6.00. The lowest BCUT2D eigenvalue weighted by molar-refractivity contribution is -0.123. The Kier molecular flexibility index (Phi) is 7.54. The molecule has 4 rings (SSSR count). The summed E-state index contributed by atoms with van der Waals surface area (Å²) in [6, 6.07) is 2.39. The molecule has 2 N–H and O–H groups in total. The van der Waals surface area contributed by atoms with Crippen molar-refractivity contribution in [1.82, 2.24) is 20.2 Å². The summed E-state index contributed by atoms with van der Waals surface area (Å²) in [5.74, 6) is 0.541. The highest BCUT2D eigenvalue weighted by atomic mass is 32.1. The van der Waals surface area contributed by atoms with Gasteiger partial charge in [-0.15, -0.1) is 11.3 Å². The lowest BCUT2D eigenvalue weighted by atomic mass is 9.78. The fourth-order valence-corrected chi connectivity index (χ4v) is 5.69. The number of ketones is 1. The Bertz CT molecular complexity index is 1120. The van der Waals surface area contributed by atoms with E-state index in [1.54, 1.807) is 13.1 Å². The van der Waals surface area contributed by atoms with Crippen LogP contribution in [0.25, 0.3) is 10.4 Å². The molecule has 2 atom stereocenters. The third-order valence-corrected chi connectivity index (χ3v) is 8.34. The first-order valence-electron chi connectivity index (χ1n) is 12.5. The zero-order chi connectivity index (χ0) is 25.3. The molecule has 9 heteroatoms. The van der Waals surface area contributed by atoms with Crippen molar-refractivity contribution in [3.8, 4) is 10.4 Å². The number of rotatable bonds is 8. The van der Waals surface area contributed by atoms with Gasteiger partial charge in [-0.3, -0.25) is 14.4 Å². The van der Waals surface area contributed by atoms with Gasteiger partial charge in [-0.25, -0.2) is 9.97 Å². The zero-order valence-electron chi connectivity index (χ0n) is 21.2. The van der Waals surface area contributed by atoms with Gasteiger partial charge in [0.05, 0.1) is 4.88 Å². The molecule has 35 heavy (non-hydrogen) atoms. The molecule has 3 heterocycles. The van der Waals surface area contributed by atoms with E-state index in [1.165, 1.54) is 11.3 Å². The second kappa shape index (κ2) is 10.4. The smallest absolute Gasteiger partial charge is 0.280 e. The van der Waals surface area contributed by atoms with Crippen LogP contribution in [-0.2, 0) is 4.79 Å². The normalized spacial score (nSPS) is 22.4. The van der Waals surface area contributed by atoms with Gasteiger partial charge in [0, 0.05) is 42.3 Å². The predicted octanol–water partition coefficient (Wildman–Crippen LogP) is 4.45. The van der Waals surface area contributed by atoms with E-state index in [9.17, 15) is 14.4 Å². The Hall–Kier alpha value is -2.81. The summed E-state index contributed by atoms with van der Waals surface area (Å²) < 4.78 is 0. The van der Waals surface area contributed by atoms with E-state index in [0.29, 0.717) is 36.0 Å². The third kappa shape index (κ3) is 5.39. The lowest BCUT2D eigenvalue weighted by Gasteiger charge is -2.33. The lowest BCUT2D eigenvalue weighted by Crippen LogP contribution is -2.46. The molecule has 2 aromatic heterocycles. The van der Waals surface area contributed by atoms with Crippen LogP contribution in [0.4, 0.5) is 5.82 Å². The highest BCUT2D eigenvalue weighted by molar-refractivity contribution is 7.17. The highest BCUT2D eigenvalue weighted by Gasteiger charge is 2.35. The van der Waals surface area contributed by atoms with Crippen LogP contribution in [0.5, 0.6) is 0 Å². The minimum absolute atomic E-state index is 0.0252. The van der Waals surface area contributed by atoms with Gasteiger partial charge in [0.15, 0.2) is 5.01 Å². The number of pyridine rings is 1. The Labute approximate surface area is 210 Å². The van der Waals surface area contributed by atoms with E-state index < -0.39 is 0 Å². The summed E-state index contributed by atoms with van der Waals surface area (Å²) in [5, 5.41) is 6.63. The maximum absolute atomic E-state index is 13.5. The number of hydrogen-bond acceptors (Lipinski definition) is 7. The highest BCUT2D eigenvalue weighted by Crippen LogP contribution is 2.36. The molecule has 2 aromatic rings. The van der Waals surface area contributed by atoms with Gasteiger partial charge in [0.25, 0.3) is 11.8 Å². The van der Waals surface area contributed by atoms with Crippen LogP contribution in [-0.4, -0.2) is 57.1 Å². The molecule has 8 nitrogen and oxygen atoms in total. The van der Waals surface area contributed by atoms with Crippen molar-refractivity contribution < 1.29 is 14.4 Å². The van der Waals surface area contributed by atoms with Crippen LogP contribution in [0.15, 0.2) is 12.3 Å². The molecule has 1 aliphatic heterocycles. The van der Waals surface area contributed by atoms with Crippen molar-refractivity contribution in [3.63, 3.8) is 0 Å². The molecule has 0 aromatic carbocycles. The molecular formula is C26H35N5O3S. The van der Waals surface area contributed by atoms with E-state index in [4.69, 9.17) is 0 Å². The van der Waals surface area contributed by atoms with Gasteiger partial charge in [0.2, 0.25) is 0 Å². The molecule has 1 saturated carbocycles. The van der Waals surface area contributed by atoms with E-state index >= 15 is 0 Å². The minimum Gasteiger partial charge on any atom is -0.368 e. The number of carbonyl (C=O) groups excluding carboxylic acids is 3. The second-order valence-electron chi connectivity index (χ2n) is 9.97. The van der Waals surface area contributed by atoms with Crippen molar-refractivity contribution in [2.75, 3.05) is 11.9 Å². The molecule has 2 amide bonds. The zero-order valence-corrected chi connectivity index (χ0v) is 22.0. The first-order chi connectivity index (χ1) is 16.7. The summed E-state index contributed by atoms with van der Waals surface area (Å²) in [7, 11) is 0. The molecule has 0 spiro atoms. The molecular weight excluding hydrogens is 462 g/mol. The number of Topliss-reactive ketones (excluding diaryl/α,β-unsaturated/α-hetero) is 1. The van der Waals surface area contributed by atoms with Crippen molar-refractivity contribution in [3.05, 3.63) is 28.5 Å². The summed E-state index contributed by atoms with van der Waals surface area (Å²) >= 11 is 1.23. The average Bonchev–Trinajstić information content (AvgIpc) is 3.41. The largest absolute Gasteiger partial charge is 0.368 e. The van der Waals surface area contributed by atoms with Crippen molar-refractivity contribution in [2.45, 2.75) is 84.8 Å². The van der Waals surface area contributed by atoms with E-state index in [0.717, 1.165) is 36.2 Å². The maximum atomic E-state index is 13.5. The van der Waals surface area contributed by atoms with Gasteiger partial charge >= 0.3 is 0 Å². The predicted molar refractivity (Wildman–Crippen MR) is 138 cm³/mol. The number of nitrogens with zero attached hydrogens (tertiary/aromatic N) is 3. The summed E-state index contributed by atoms with van der Waals surface area (Å²) in [4.78, 5) is 49.7. The molecule has 0 radical (unpaired) electrons. The molecule has 1 aliphatic carbocycles. The Morgan fingerprint density at radius 3 is 2.63 bits per heavy atom. The molecule has 2 aliphatic rings. The van der Waals surface area contributed by atoms with E-state index in [1.807, 2.05) is 17.9 Å². The van der Waals surface area contributed by atoms with Crippen LogP contribution in [0.3, 0.4) is 0 Å². The monoisotopic (exact) mass is 497 g/mol. The maximum Gasteiger partial charge on any atom is 0.280 e. The number of nitrogens with one attached hydrogen (secondary N) is 2. The van der Waals surface area contributed by atoms with Crippen LogP contribution >= 0.6 is 11.3 Å². The standard InChI is InChI=1S/C26H35N5O3S/c1-6-15(3)28-21-10-14(2)20(13-27-21)23-22(26(34)31-9-7-8-16(31)4)30-25(35-23)24(33)29-19-11-18(12-19)17(5)32/h10,13,15-16,18-19H,6-9,11-12H2,1-5H3,(H,27,28)(H,29,33)/t15-,16+,18?,19?/m1/s1. The molecule has 0 bridgehead atoms. The fourth-order valence-electron chi connectivity index (χ4n) is 4.66. The number of carbonyl (C=O) groups is 3. The quantitative estimate of drug-likeness (QED) is 0.559. The van der Waals surface area contributed by atoms with Crippen molar-refractivity contribution >= 4 is 34.8 Å². The first kappa shape index (κ1) is 25.3. The van der Waals surface area contributed by atoms with Crippen LogP contribution in [0.1, 0.15) is 85.7 Å². The molecule has 2 fully saturated rings. The van der Waals surface area contributed by atoms with Crippen LogP contribution < -0.4 is 10.6 Å². The fraction of sp³-hybridized carbons (Fsp3) is 0.577. The average molecular weight is 498 g/mol. The molecule has 1 saturated heterocycles. The second-order valence-corrected chi connectivity index (χ2v) is 11.0. The van der Waals surface area contributed by atoms with E-state index in [2.05, 4.69) is 41.4 Å². The van der Waals surface area contributed by atoms with E-state index in [-0.39, 0.29) is 40.6 Å².